The van der Waals surface area contributed by atoms with Crippen molar-refractivity contribution in [2.45, 2.75) is 12.8 Å². The molecule has 0 spiro atoms. The molecule has 0 fully saturated rings. The van der Waals surface area contributed by atoms with Gasteiger partial charge in [0.05, 0.1) is 12.2 Å². The van der Waals surface area contributed by atoms with Crippen molar-refractivity contribution >= 4 is 29.0 Å². The number of aromatic nitrogens is 2. The molecule has 0 unspecified atom stereocenters. The van der Waals surface area contributed by atoms with E-state index in [0.717, 1.165) is 30.8 Å². The number of rotatable bonds is 0. The number of amides is 1. The number of carbonyl (C=O) groups is 1. The lowest BCUT2D eigenvalue weighted by Crippen LogP contribution is -2.43. The summed E-state index contributed by atoms with van der Waals surface area (Å²) >= 11 is 5.80. The third-order valence-electron chi connectivity index (χ3n) is 2.70. The van der Waals surface area contributed by atoms with Crippen molar-refractivity contribution in [2.75, 3.05) is 23.3 Å². The van der Waals surface area contributed by atoms with Gasteiger partial charge in [-0.25, -0.2) is 4.98 Å². The number of halogens is 1. The van der Waals surface area contributed by atoms with E-state index < -0.39 is 0 Å². The lowest BCUT2D eigenvalue weighted by Gasteiger charge is -2.33. The average molecular weight is 225 g/mol. The highest BCUT2D eigenvalue weighted by atomic mass is 35.5. The lowest BCUT2D eigenvalue weighted by atomic mass is 10.1. The van der Waals surface area contributed by atoms with Gasteiger partial charge in [0.15, 0.2) is 5.82 Å². The van der Waals surface area contributed by atoms with Gasteiger partial charge < -0.3 is 10.2 Å². The maximum atomic E-state index is 11.6. The van der Waals surface area contributed by atoms with Gasteiger partial charge in [0, 0.05) is 6.54 Å². The topological polar surface area (TPSA) is 58.1 Å². The predicted molar refractivity (Wildman–Crippen MR) is 56.2 cm³/mol. The molecule has 2 aliphatic rings. The molecule has 1 amide bonds. The Morgan fingerprint density at radius 3 is 3.13 bits per heavy atom. The molecule has 0 radical (unpaired) electrons. The fourth-order valence-electron chi connectivity index (χ4n) is 2.07. The van der Waals surface area contributed by atoms with E-state index in [0.29, 0.717) is 12.4 Å². The van der Waals surface area contributed by atoms with Gasteiger partial charge in [-0.15, -0.1) is 0 Å². The fraction of sp³-hybridized carbons (Fsp3) is 0.444. The zero-order valence-corrected chi connectivity index (χ0v) is 8.71. The Hall–Kier alpha value is -1.36. The first-order chi connectivity index (χ1) is 7.25. The molecule has 3 rings (SSSR count). The van der Waals surface area contributed by atoms with Crippen LogP contribution in [0.2, 0.25) is 5.28 Å². The van der Waals surface area contributed by atoms with Crippen LogP contribution in [-0.4, -0.2) is 29.0 Å². The molecule has 0 saturated heterocycles. The Bertz CT molecular complexity index is 431. The summed E-state index contributed by atoms with van der Waals surface area (Å²) in [7, 11) is 0. The standard InChI is InChI=1S/C9H9ClN4O/c10-9-12-5-2-1-3-14-6(15)4-11-8(13-9)7(5)14/h1-4H2,(H,11,12,13). The second kappa shape index (κ2) is 3.06. The number of nitrogens with zero attached hydrogens (tertiary/aromatic N) is 3. The summed E-state index contributed by atoms with van der Waals surface area (Å²) in [4.78, 5) is 21.6. The summed E-state index contributed by atoms with van der Waals surface area (Å²) in [6.45, 7) is 1.05. The first-order valence-corrected chi connectivity index (χ1v) is 5.24. The van der Waals surface area contributed by atoms with E-state index in [4.69, 9.17) is 11.6 Å². The largest absolute Gasteiger partial charge is 0.359 e. The molecule has 1 N–H and O–H groups in total. The summed E-state index contributed by atoms with van der Waals surface area (Å²) in [6.07, 6.45) is 1.79. The second-order valence-corrected chi connectivity index (χ2v) is 3.98. The quantitative estimate of drug-likeness (QED) is 0.664. The normalized spacial score (nSPS) is 18.5. The monoisotopic (exact) mass is 224 g/mol. The molecular weight excluding hydrogens is 216 g/mol. The lowest BCUT2D eigenvalue weighted by molar-refractivity contribution is -0.117. The summed E-state index contributed by atoms with van der Waals surface area (Å²) in [5.41, 5.74) is 1.69. The number of hydrogen-bond donors (Lipinski definition) is 1. The van der Waals surface area contributed by atoms with Crippen LogP contribution in [0.3, 0.4) is 0 Å². The van der Waals surface area contributed by atoms with Crippen molar-refractivity contribution in [1.29, 1.82) is 0 Å². The SMILES string of the molecule is O=C1CNc2nc(Cl)nc3c2N1CCC3. The minimum atomic E-state index is 0.0781. The second-order valence-electron chi connectivity index (χ2n) is 3.64. The van der Waals surface area contributed by atoms with Crippen LogP contribution in [0.5, 0.6) is 0 Å². The molecule has 2 aliphatic heterocycles. The Morgan fingerprint density at radius 1 is 1.40 bits per heavy atom. The highest BCUT2D eigenvalue weighted by Crippen LogP contribution is 2.35. The van der Waals surface area contributed by atoms with Crippen molar-refractivity contribution in [3.63, 3.8) is 0 Å². The number of carbonyl (C=O) groups excluding carboxylic acids is 1. The smallest absolute Gasteiger partial charge is 0.246 e. The maximum absolute atomic E-state index is 11.6. The Labute approximate surface area is 91.5 Å². The van der Waals surface area contributed by atoms with Crippen molar-refractivity contribution in [2.24, 2.45) is 0 Å². The third kappa shape index (κ3) is 1.26. The molecule has 3 heterocycles. The van der Waals surface area contributed by atoms with Crippen LogP contribution >= 0.6 is 11.6 Å². The number of nitrogens with one attached hydrogen (secondary N) is 1. The molecule has 5 nitrogen and oxygen atoms in total. The summed E-state index contributed by atoms with van der Waals surface area (Å²) < 4.78 is 0. The first kappa shape index (κ1) is 8.91. The molecule has 0 atom stereocenters. The third-order valence-corrected chi connectivity index (χ3v) is 2.87. The predicted octanol–water partition coefficient (Wildman–Crippen LogP) is 0.835. The molecule has 1 aromatic rings. The fourth-order valence-corrected chi connectivity index (χ4v) is 2.26. The van der Waals surface area contributed by atoms with E-state index in [2.05, 4.69) is 15.3 Å². The van der Waals surface area contributed by atoms with Gasteiger partial charge in [-0.3, -0.25) is 4.79 Å². The zero-order valence-electron chi connectivity index (χ0n) is 7.96. The summed E-state index contributed by atoms with van der Waals surface area (Å²) in [5, 5.41) is 3.21. The van der Waals surface area contributed by atoms with Gasteiger partial charge in [-0.05, 0) is 24.4 Å². The van der Waals surface area contributed by atoms with Gasteiger partial charge in [0.25, 0.3) is 0 Å². The number of anilines is 2. The molecule has 15 heavy (non-hydrogen) atoms. The molecule has 1 aromatic heterocycles. The molecule has 0 bridgehead atoms. The van der Waals surface area contributed by atoms with Crippen LogP contribution in [0, 0.1) is 0 Å². The van der Waals surface area contributed by atoms with Gasteiger partial charge in [0.1, 0.15) is 5.69 Å². The van der Waals surface area contributed by atoms with Crippen LogP contribution in [0.1, 0.15) is 12.1 Å². The van der Waals surface area contributed by atoms with Crippen molar-refractivity contribution in [3.05, 3.63) is 11.0 Å². The molecule has 0 saturated carbocycles. The van der Waals surface area contributed by atoms with Crippen LogP contribution in [0.4, 0.5) is 11.5 Å². The van der Waals surface area contributed by atoms with Gasteiger partial charge in [-0.1, -0.05) is 0 Å². The summed E-state index contributed by atoms with van der Waals surface area (Å²) in [6, 6.07) is 0. The van der Waals surface area contributed by atoms with Crippen molar-refractivity contribution in [3.8, 4) is 0 Å². The highest BCUT2D eigenvalue weighted by Gasteiger charge is 2.31. The van der Waals surface area contributed by atoms with E-state index in [-0.39, 0.29) is 11.2 Å². The Kier molecular flexibility index (Phi) is 1.82. The van der Waals surface area contributed by atoms with E-state index in [1.807, 2.05) is 0 Å². The first-order valence-electron chi connectivity index (χ1n) is 4.86. The van der Waals surface area contributed by atoms with Crippen molar-refractivity contribution < 1.29 is 4.79 Å². The molecule has 0 aliphatic carbocycles. The highest BCUT2D eigenvalue weighted by molar-refractivity contribution is 6.28. The van der Waals surface area contributed by atoms with E-state index in [1.165, 1.54) is 0 Å². The van der Waals surface area contributed by atoms with Gasteiger partial charge in [-0.2, -0.15) is 4.98 Å². The number of hydrogen-bond acceptors (Lipinski definition) is 4. The van der Waals surface area contributed by atoms with E-state index in [9.17, 15) is 4.79 Å². The summed E-state index contributed by atoms with van der Waals surface area (Å²) in [5.74, 6) is 0.763. The zero-order chi connectivity index (χ0) is 10.4. The van der Waals surface area contributed by atoms with Crippen molar-refractivity contribution in [1.82, 2.24) is 9.97 Å². The van der Waals surface area contributed by atoms with Crippen LogP contribution in [-0.2, 0) is 11.2 Å². The molecule has 78 valence electrons. The molecular formula is C9H9ClN4O. The van der Waals surface area contributed by atoms with Crippen LogP contribution < -0.4 is 10.2 Å². The van der Waals surface area contributed by atoms with Gasteiger partial charge in [0.2, 0.25) is 11.2 Å². The molecule has 0 aromatic carbocycles. The molecule has 6 heteroatoms. The Balaban J connectivity index is 2.22. The number of aryl methyl sites for hydroxylation is 1. The van der Waals surface area contributed by atoms with Crippen LogP contribution in [0.25, 0.3) is 0 Å². The Morgan fingerprint density at radius 2 is 2.27 bits per heavy atom. The van der Waals surface area contributed by atoms with E-state index in [1.54, 1.807) is 4.90 Å². The average Bonchev–Trinajstić information content (AvgIpc) is 2.23. The minimum Gasteiger partial charge on any atom is -0.359 e. The van der Waals surface area contributed by atoms with E-state index >= 15 is 0 Å². The van der Waals surface area contributed by atoms with Crippen LogP contribution in [0.15, 0.2) is 0 Å². The maximum Gasteiger partial charge on any atom is 0.246 e. The minimum absolute atomic E-state index is 0.0781. The van der Waals surface area contributed by atoms with Gasteiger partial charge >= 0.3 is 0 Å².